The lowest BCUT2D eigenvalue weighted by Gasteiger charge is -2.45. The van der Waals surface area contributed by atoms with E-state index in [9.17, 15) is 0 Å². The Morgan fingerprint density at radius 3 is 1.73 bits per heavy atom. The standard InChI is InChI=1S/C55H38N4/c1-36-15-5-7-19-41(36)42-20-8-6-16-38(42)33-37-27-29-51-47(34-37)55(45-23-13-31-56-53(45)54-46(55)24-14-32-57-54)48-35-40(28-30-52(48)58(51)39-17-3-2-4-18-39)59-49-25-11-9-21-43(49)44-22-10-12-26-50(44)59/h2-32,34-35H,33H2,1H3. The molecule has 0 fully saturated rings. The summed E-state index contributed by atoms with van der Waals surface area (Å²) in [5.74, 6) is 0. The maximum absolute atomic E-state index is 5.09. The van der Waals surface area contributed by atoms with Crippen LogP contribution in [0.4, 0.5) is 17.1 Å². The van der Waals surface area contributed by atoms with Crippen LogP contribution in [0.5, 0.6) is 0 Å². The normalized spacial score (nSPS) is 13.3. The number of fused-ring (bicyclic) bond motifs is 12. The topological polar surface area (TPSA) is 34.0 Å². The number of anilines is 3. The molecule has 7 aromatic carbocycles. The summed E-state index contributed by atoms with van der Waals surface area (Å²) in [6, 6.07) is 68.9. The van der Waals surface area contributed by atoms with Crippen LogP contribution in [0.15, 0.2) is 200 Å². The van der Waals surface area contributed by atoms with E-state index in [2.05, 4.69) is 204 Å². The minimum atomic E-state index is -0.705. The van der Waals surface area contributed by atoms with Crippen molar-refractivity contribution in [1.82, 2.24) is 14.5 Å². The lowest BCUT2D eigenvalue weighted by Crippen LogP contribution is -2.36. The number of para-hydroxylation sites is 3. The Labute approximate surface area is 343 Å². The molecule has 1 spiro atoms. The monoisotopic (exact) mass is 754 g/mol. The van der Waals surface area contributed by atoms with E-state index >= 15 is 0 Å². The highest BCUT2D eigenvalue weighted by atomic mass is 15.2. The number of hydrogen-bond acceptors (Lipinski definition) is 3. The van der Waals surface area contributed by atoms with Gasteiger partial charge in [-0.25, -0.2) is 0 Å². The largest absolute Gasteiger partial charge is 0.310 e. The smallest absolute Gasteiger partial charge is 0.0937 e. The zero-order valence-electron chi connectivity index (χ0n) is 32.5. The van der Waals surface area contributed by atoms with Gasteiger partial charge in [0.05, 0.1) is 39.2 Å². The van der Waals surface area contributed by atoms with E-state index in [1.54, 1.807) is 0 Å². The van der Waals surface area contributed by atoms with Crippen molar-refractivity contribution in [3.8, 4) is 28.2 Å². The lowest BCUT2D eigenvalue weighted by molar-refractivity contribution is 0.746. The predicted molar refractivity (Wildman–Crippen MR) is 241 cm³/mol. The predicted octanol–water partition coefficient (Wildman–Crippen LogP) is 13.3. The van der Waals surface area contributed by atoms with Gasteiger partial charge in [-0.15, -0.1) is 0 Å². The molecule has 0 unspecified atom stereocenters. The summed E-state index contributed by atoms with van der Waals surface area (Å²) in [7, 11) is 0. The summed E-state index contributed by atoms with van der Waals surface area (Å²) in [4.78, 5) is 12.6. The molecule has 10 aromatic rings. The number of aryl methyl sites for hydroxylation is 1. The first-order chi connectivity index (χ1) is 29.2. The molecule has 0 bridgehead atoms. The van der Waals surface area contributed by atoms with Crippen LogP contribution in [0.25, 0.3) is 50.0 Å². The second-order valence-corrected chi connectivity index (χ2v) is 15.8. The molecule has 1 aliphatic heterocycles. The van der Waals surface area contributed by atoms with Crippen molar-refractivity contribution in [1.29, 1.82) is 0 Å². The number of pyridine rings is 2. The fraction of sp³-hybridized carbons (Fsp3) is 0.0545. The van der Waals surface area contributed by atoms with Gasteiger partial charge in [0, 0.05) is 34.5 Å². The lowest BCUT2D eigenvalue weighted by atomic mass is 9.64. The van der Waals surface area contributed by atoms with Crippen LogP contribution < -0.4 is 4.90 Å². The van der Waals surface area contributed by atoms with Crippen molar-refractivity contribution in [2.24, 2.45) is 0 Å². The van der Waals surface area contributed by atoms with E-state index in [0.29, 0.717) is 0 Å². The third-order valence-electron chi connectivity index (χ3n) is 12.7. The molecule has 0 amide bonds. The summed E-state index contributed by atoms with van der Waals surface area (Å²) in [6.45, 7) is 2.20. The zero-order chi connectivity index (χ0) is 39.1. The summed E-state index contributed by atoms with van der Waals surface area (Å²) in [5.41, 5.74) is 19.2. The molecule has 278 valence electrons. The van der Waals surface area contributed by atoms with Crippen LogP contribution in [0.3, 0.4) is 0 Å². The first-order valence-electron chi connectivity index (χ1n) is 20.4. The summed E-state index contributed by atoms with van der Waals surface area (Å²) in [6.07, 6.45) is 4.60. The van der Waals surface area contributed by atoms with E-state index in [1.165, 1.54) is 60.8 Å². The third-order valence-corrected chi connectivity index (χ3v) is 12.7. The van der Waals surface area contributed by atoms with Gasteiger partial charge in [0.15, 0.2) is 0 Å². The molecule has 4 heteroatoms. The van der Waals surface area contributed by atoms with Gasteiger partial charge in [-0.1, -0.05) is 127 Å². The Morgan fingerprint density at radius 2 is 1.03 bits per heavy atom. The highest BCUT2D eigenvalue weighted by Crippen LogP contribution is 2.63. The fourth-order valence-corrected chi connectivity index (χ4v) is 10.2. The molecular formula is C55H38N4. The Balaban J connectivity index is 1.17. The van der Waals surface area contributed by atoms with Crippen molar-refractivity contribution in [2.75, 3.05) is 4.90 Å². The molecule has 0 radical (unpaired) electrons. The average Bonchev–Trinajstić information content (AvgIpc) is 3.79. The van der Waals surface area contributed by atoms with Crippen molar-refractivity contribution >= 4 is 38.9 Å². The Morgan fingerprint density at radius 1 is 0.458 bits per heavy atom. The van der Waals surface area contributed by atoms with Crippen LogP contribution in [-0.2, 0) is 11.8 Å². The van der Waals surface area contributed by atoms with Crippen molar-refractivity contribution in [3.63, 3.8) is 0 Å². The number of rotatable bonds is 5. The molecule has 0 saturated carbocycles. The van der Waals surface area contributed by atoms with Crippen LogP contribution in [-0.4, -0.2) is 14.5 Å². The fourth-order valence-electron chi connectivity index (χ4n) is 10.2. The van der Waals surface area contributed by atoms with Gasteiger partial charge >= 0.3 is 0 Å². The molecule has 59 heavy (non-hydrogen) atoms. The van der Waals surface area contributed by atoms with Gasteiger partial charge in [-0.3, -0.25) is 9.97 Å². The van der Waals surface area contributed by atoms with Gasteiger partial charge < -0.3 is 9.47 Å². The van der Waals surface area contributed by atoms with Gasteiger partial charge in [0.1, 0.15) is 0 Å². The summed E-state index contributed by atoms with van der Waals surface area (Å²) in [5, 5.41) is 2.49. The van der Waals surface area contributed by atoms with Gasteiger partial charge in [0.2, 0.25) is 0 Å². The highest BCUT2D eigenvalue weighted by molar-refractivity contribution is 6.09. The second-order valence-electron chi connectivity index (χ2n) is 15.8. The number of hydrogen-bond donors (Lipinski definition) is 0. The van der Waals surface area contributed by atoms with Crippen molar-refractivity contribution in [3.05, 3.63) is 239 Å². The molecule has 4 heterocycles. The Kier molecular flexibility index (Phi) is 7.39. The molecule has 0 saturated heterocycles. The van der Waals surface area contributed by atoms with Gasteiger partial charge in [0.25, 0.3) is 0 Å². The van der Waals surface area contributed by atoms with Crippen LogP contribution >= 0.6 is 0 Å². The molecule has 12 rings (SSSR count). The Bertz CT molecular complexity index is 3190. The van der Waals surface area contributed by atoms with Gasteiger partial charge in [-0.05, 0) is 124 Å². The quantitative estimate of drug-likeness (QED) is 0.175. The van der Waals surface area contributed by atoms with E-state index in [-0.39, 0.29) is 0 Å². The maximum Gasteiger partial charge on any atom is 0.0937 e. The highest BCUT2D eigenvalue weighted by Gasteiger charge is 2.53. The number of nitrogens with zero attached hydrogens (tertiary/aromatic N) is 4. The molecular weight excluding hydrogens is 717 g/mol. The van der Waals surface area contributed by atoms with E-state index in [4.69, 9.17) is 9.97 Å². The minimum absolute atomic E-state index is 0.705. The molecule has 0 N–H and O–H groups in total. The second kappa shape index (κ2) is 13.0. The molecule has 3 aromatic heterocycles. The molecule has 4 nitrogen and oxygen atoms in total. The molecule has 1 aliphatic carbocycles. The summed E-state index contributed by atoms with van der Waals surface area (Å²) >= 11 is 0. The van der Waals surface area contributed by atoms with Crippen LogP contribution in [0.2, 0.25) is 0 Å². The Hall–Kier alpha value is -7.56. The zero-order valence-corrected chi connectivity index (χ0v) is 32.5. The van der Waals surface area contributed by atoms with Crippen LogP contribution in [0.1, 0.15) is 38.9 Å². The van der Waals surface area contributed by atoms with E-state index in [1.807, 2.05) is 12.4 Å². The van der Waals surface area contributed by atoms with Crippen LogP contribution in [0, 0.1) is 6.92 Å². The average molecular weight is 755 g/mol. The maximum atomic E-state index is 5.09. The van der Waals surface area contributed by atoms with Crippen molar-refractivity contribution in [2.45, 2.75) is 18.8 Å². The molecule has 0 atom stereocenters. The first-order valence-corrected chi connectivity index (χ1v) is 20.4. The molecule has 2 aliphatic rings. The summed E-state index contributed by atoms with van der Waals surface area (Å²) < 4.78 is 2.43. The number of aromatic nitrogens is 3. The number of benzene rings is 7. The van der Waals surface area contributed by atoms with E-state index in [0.717, 1.165) is 51.7 Å². The third kappa shape index (κ3) is 4.84. The minimum Gasteiger partial charge on any atom is -0.310 e. The van der Waals surface area contributed by atoms with E-state index < -0.39 is 5.41 Å². The van der Waals surface area contributed by atoms with Crippen molar-refractivity contribution < 1.29 is 0 Å². The van der Waals surface area contributed by atoms with Gasteiger partial charge in [-0.2, -0.15) is 0 Å². The first kappa shape index (κ1) is 33.6. The SMILES string of the molecule is Cc1ccccc1-c1ccccc1Cc1ccc2c(c1)C1(c3cc(-n4c5ccccc5c5ccccc54)ccc3N2c2ccccc2)c2cccnc2-c2ncccc21.